The van der Waals surface area contributed by atoms with E-state index in [4.69, 9.17) is 20.9 Å². The molecule has 0 unspecified atom stereocenters. The molecule has 4 aromatic rings. The van der Waals surface area contributed by atoms with E-state index in [0.29, 0.717) is 22.5 Å². The third-order valence-electron chi connectivity index (χ3n) is 4.08. The Morgan fingerprint density at radius 3 is 2.46 bits per heavy atom. The maximum Gasteiger partial charge on any atom is 0.237 e. The summed E-state index contributed by atoms with van der Waals surface area (Å²) in [5.41, 5.74) is 1.82. The highest BCUT2D eigenvalue weighted by molar-refractivity contribution is 7.98. The van der Waals surface area contributed by atoms with Crippen LogP contribution < -0.4 is 4.74 Å². The van der Waals surface area contributed by atoms with Crippen LogP contribution in [0.25, 0.3) is 22.8 Å². The molecule has 4 rings (SSSR count). The molecule has 0 saturated heterocycles. The van der Waals surface area contributed by atoms with E-state index in [1.54, 1.807) is 19.2 Å². The van der Waals surface area contributed by atoms with Crippen molar-refractivity contribution in [1.29, 1.82) is 0 Å². The highest BCUT2D eigenvalue weighted by Crippen LogP contribution is 2.27. The number of halogens is 1. The van der Waals surface area contributed by atoms with Crippen molar-refractivity contribution in [3.05, 3.63) is 59.4 Å². The minimum Gasteiger partial charge on any atom is -0.497 e. The molecule has 7 nitrogen and oxygen atoms in total. The van der Waals surface area contributed by atoms with Gasteiger partial charge in [0.1, 0.15) is 5.75 Å². The smallest absolute Gasteiger partial charge is 0.237 e. The lowest BCUT2D eigenvalue weighted by Crippen LogP contribution is -1.95. The van der Waals surface area contributed by atoms with Gasteiger partial charge in [-0.05, 0) is 48.5 Å². The summed E-state index contributed by atoms with van der Waals surface area (Å²) in [4.78, 5) is 4.43. The second-order valence-corrected chi connectivity index (χ2v) is 7.28. The molecular weight excluding hydrogens is 398 g/mol. The number of nitrogens with zero attached hydrogens (tertiary/aromatic N) is 5. The van der Waals surface area contributed by atoms with Gasteiger partial charge in [0, 0.05) is 23.2 Å². The average molecular weight is 414 g/mol. The van der Waals surface area contributed by atoms with Gasteiger partial charge in [0.05, 0.1) is 12.9 Å². The van der Waals surface area contributed by atoms with Crippen molar-refractivity contribution in [1.82, 2.24) is 24.9 Å². The first-order chi connectivity index (χ1) is 13.6. The van der Waals surface area contributed by atoms with Crippen molar-refractivity contribution in [2.24, 2.45) is 7.05 Å². The molecule has 0 saturated carbocycles. The molecule has 0 bridgehead atoms. The quantitative estimate of drug-likeness (QED) is 0.431. The van der Waals surface area contributed by atoms with Crippen molar-refractivity contribution in [2.45, 2.75) is 10.9 Å². The molecular formula is C19H16ClN5O2S. The number of aromatic nitrogens is 5. The average Bonchev–Trinajstić information content (AvgIpc) is 3.34. The van der Waals surface area contributed by atoms with Gasteiger partial charge in [-0.3, -0.25) is 0 Å². The molecule has 0 spiro atoms. The largest absolute Gasteiger partial charge is 0.497 e. The Kier molecular flexibility index (Phi) is 5.31. The SMILES string of the molecule is COc1ccc(-c2nnc(SCc3nc(-c4ccc(Cl)cc4)no3)n2C)cc1. The normalized spacial score (nSPS) is 11.0. The summed E-state index contributed by atoms with van der Waals surface area (Å²) >= 11 is 7.39. The summed E-state index contributed by atoms with van der Waals surface area (Å²) in [6, 6.07) is 15.0. The Morgan fingerprint density at radius 1 is 1.04 bits per heavy atom. The standard InChI is InChI=1S/C19H16ClN5O2S/c1-25-18(13-5-9-15(26-2)10-6-13)22-23-19(25)28-11-16-21-17(24-27-16)12-3-7-14(20)8-4-12/h3-10H,11H2,1-2H3. The molecule has 0 N–H and O–H groups in total. The molecule has 142 valence electrons. The molecule has 0 aliphatic carbocycles. The number of hydrogen-bond acceptors (Lipinski definition) is 7. The molecule has 9 heteroatoms. The zero-order chi connectivity index (χ0) is 19.5. The Balaban J connectivity index is 1.45. The van der Waals surface area contributed by atoms with Crippen LogP contribution >= 0.6 is 23.4 Å². The van der Waals surface area contributed by atoms with Crippen molar-refractivity contribution in [3.63, 3.8) is 0 Å². The van der Waals surface area contributed by atoms with Crippen LogP contribution in [0, 0.1) is 0 Å². The van der Waals surface area contributed by atoms with Gasteiger partial charge in [-0.1, -0.05) is 28.5 Å². The fourth-order valence-corrected chi connectivity index (χ4v) is 3.46. The third-order valence-corrected chi connectivity index (χ3v) is 5.34. The van der Waals surface area contributed by atoms with E-state index in [1.807, 2.05) is 48.0 Å². The lowest BCUT2D eigenvalue weighted by Gasteiger charge is -2.04. The summed E-state index contributed by atoms with van der Waals surface area (Å²) in [7, 11) is 3.57. The summed E-state index contributed by atoms with van der Waals surface area (Å²) in [6.45, 7) is 0. The van der Waals surface area contributed by atoms with E-state index in [9.17, 15) is 0 Å². The predicted octanol–water partition coefficient (Wildman–Crippen LogP) is 4.49. The number of rotatable bonds is 6. The lowest BCUT2D eigenvalue weighted by molar-refractivity contribution is 0.391. The van der Waals surface area contributed by atoms with Crippen molar-refractivity contribution in [2.75, 3.05) is 7.11 Å². The molecule has 2 aromatic heterocycles. The molecule has 0 amide bonds. The molecule has 0 atom stereocenters. The van der Waals surface area contributed by atoms with Crippen LogP contribution in [0.2, 0.25) is 5.02 Å². The first-order valence-corrected chi connectivity index (χ1v) is 9.75. The van der Waals surface area contributed by atoms with Gasteiger partial charge in [0.2, 0.25) is 11.7 Å². The van der Waals surface area contributed by atoms with E-state index < -0.39 is 0 Å². The number of hydrogen-bond donors (Lipinski definition) is 0. The monoisotopic (exact) mass is 413 g/mol. The van der Waals surface area contributed by atoms with Crippen molar-refractivity contribution >= 4 is 23.4 Å². The predicted molar refractivity (Wildman–Crippen MR) is 107 cm³/mol. The summed E-state index contributed by atoms with van der Waals surface area (Å²) in [6.07, 6.45) is 0. The van der Waals surface area contributed by atoms with Gasteiger partial charge in [0.15, 0.2) is 11.0 Å². The van der Waals surface area contributed by atoms with Gasteiger partial charge in [-0.15, -0.1) is 10.2 Å². The zero-order valence-electron chi connectivity index (χ0n) is 15.2. The van der Waals surface area contributed by atoms with E-state index >= 15 is 0 Å². The zero-order valence-corrected chi connectivity index (χ0v) is 16.7. The van der Waals surface area contributed by atoms with E-state index in [-0.39, 0.29) is 0 Å². The topological polar surface area (TPSA) is 78.9 Å². The van der Waals surface area contributed by atoms with Crippen LogP contribution in [0.15, 0.2) is 58.2 Å². The van der Waals surface area contributed by atoms with E-state index in [1.165, 1.54) is 11.8 Å². The molecule has 2 heterocycles. The van der Waals surface area contributed by atoms with Crippen molar-refractivity contribution < 1.29 is 9.26 Å². The molecule has 2 aromatic carbocycles. The van der Waals surface area contributed by atoms with Crippen LogP contribution in [0.3, 0.4) is 0 Å². The maximum atomic E-state index is 5.91. The molecule has 0 radical (unpaired) electrons. The molecule has 0 fully saturated rings. The van der Waals surface area contributed by atoms with Gasteiger partial charge in [-0.2, -0.15) is 4.98 Å². The van der Waals surface area contributed by atoms with Crippen molar-refractivity contribution in [3.8, 4) is 28.5 Å². The van der Waals surface area contributed by atoms with Crippen LogP contribution in [0.4, 0.5) is 0 Å². The summed E-state index contributed by atoms with van der Waals surface area (Å²) < 4.78 is 12.5. The summed E-state index contributed by atoms with van der Waals surface area (Å²) in [5, 5.41) is 14.0. The number of methoxy groups -OCH3 is 1. The Bertz CT molecular complexity index is 1080. The molecule has 28 heavy (non-hydrogen) atoms. The van der Waals surface area contributed by atoms with Crippen LogP contribution in [0.1, 0.15) is 5.89 Å². The first kappa shape index (κ1) is 18.5. The fourth-order valence-electron chi connectivity index (χ4n) is 2.59. The van der Waals surface area contributed by atoms with E-state index in [0.717, 1.165) is 27.9 Å². The van der Waals surface area contributed by atoms with Crippen LogP contribution in [-0.4, -0.2) is 32.0 Å². The Hall–Kier alpha value is -2.84. The minimum absolute atomic E-state index is 0.495. The number of benzene rings is 2. The Morgan fingerprint density at radius 2 is 1.75 bits per heavy atom. The van der Waals surface area contributed by atoms with Crippen LogP contribution in [0.5, 0.6) is 5.75 Å². The lowest BCUT2D eigenvalue weighted by atomic mass is 10.2. The number of thioether (sulfide) groups is 1. The van der Waals surface area contributed by atoms with Gasteiger partial charge >= 0.3 is 0 Å². The summed E-state index contributed by atoms with van der Waals surface area (Å²) in [5.74, 6) is 3.12. The fraction of sp³-hybridized carbons (Fsp3) is 0.158. The minimum atomic E-state index is 0.495. The van der Waals surface area contributed by atoms with E-state index in [2.05, 4.69) is 20.3 Å². The third kappa shape index (κ3) is 3.88. The van der Waals surface area contributed by atoms with Crippen LogP contribution in [-0.2, 0) is 12.8 Å². The maximum absolute atomic E-state index is 5.91. The Labute approximate surface area is 170 Å². The van der Waals surface area contributed by atoms with Gasteiger partial charge < -0.3 is 13.8 Å². The first-order valence-electron chi connectivity index (χ1n) is 8.39. The second-order valence-electron chi connectivity index (χ2n) is 5.90. The highest BCUT2D eigenvalue weighted by Gasteiger charge is 2.14. The van der Waals surface area contributed by atoms with Gasteiger partial charge in [-0.25, -0.2) is 0 Å². The highest BCUT2D eigenvalue weighted by atomic mass is 35.5. The second kappa shape index (κ2) is 8.04. The molecule has 0 aliphatic rings. The number of ether oxygens (including phenoxy) is 1. The van der Waals surface area contributed by atoms with Gasteiger partial charge in [0.25, 0.3) is 0 Å². The molecule has 0 aliphatic heterocycles.